The average molecular weight is 218 g/mol. The number of hydrogen-bond acceptors (Lipinski definition) is 4. The first-order valence-corrected chi connectivity index (χ1v) is 5.49. The predicted molar refractivity (Wildman–Crippen MR) is 61.4 cm³/mol. The van der Waals surface area contributed by atoms with E-state index in [9.17, 15) is 0 Å². The monoisotopic (exact) mass is 218 g/mol. The Morgan fingerprint density at radius 3 is 3.19 bits per heavy atom. The van der Waals surface area contributed by atoms with E-state index in [4.69, 9.17) is 9.47 Å². The molecule has 0 aliphatic carbocycles. The molecule has 0 amide bonds. The number of hydrogen-bond donors (Lipinski definition) is 1. The smallest absolute Gasteiger partial charge is 0.165 e. The molecule has 0 bridgehead atoms. The van der Waals surface area contributed by atoms with Gasteiger partial charge in [-0.15, -0.1) is 0 Å². The van der Waals surface area contributed by atoms with Crippen LogP contribution in [-0.4, -0.2) is 32.1 Å². The summed E-state index contributed by atoms with van der Waals surface area (Å²) in [6, 6.07) is 5.99. The Hall–Kier alpha value is -1.71. The van der Waals surface area contributed by atoms with E-state index in [0.717, 1.165) is 36.8 Å². The third-order valence-corrected chi connectivity index (χ3v) is 2.95. The van der Waals surface area contributed by atoms with Crippen molar-refractivity contribution >= 4 is 5.84 Å². The molecular formula is C12H14N2O2. The minimum atomic E-state index is 0.0359. The summed E-state index contributed by atoms with van der Waals surface area (Å²) in [7, 11) is 1.66. The lowest BCUT2D eigenvalue weighted by Gasteiger charge is -2.12. The number of amidine groups is 1. The number of ether oxygens (including phenoxy) is 2. The molecule has 3 rings (SSSR count). The van der Waals surface area contributed by atoms with Crippen LogP contribution in [0.4, 0.5) is 0 Å². The SMILES string of the molecule is COc1cccc2c1OC(C1=NCCN1)C2. The molecule has 2 aliphatic heterocycles. The minimum absolute atomic E-state index is 0.0359. The Morgan fingerprint density at radius 1 is 1.50 bits per heavy atom. The fourth-order valence-electron chi connectivity index (χ4n) is 2.18. The van der Waals surface area contributed by atoms with Gasteiger partial charge in [-0.1, -0.05) is 12.1 Å². The van der Waals surface area contributed by atoms with Gasteiger partial charge in [0.2, 0.25) is 0 Å². The molecule has 0 aromatic heterocycles. The van der Waals surface area contributed by atoms with E-state index < -0.39 is 0 Å². The van der Waals surface area contributed by atoms with E-state index >= 15 is 0 Å². The molecule has 1 unspecified atom stereocenters. The second kappa shape index (κ2) is 3.70. The van der Waals surface area contributed by atoms with Gasteiger partial charge in [0.05, 0.1) is 13.7 Å². The lowest BCUT2D eigenvalue weighted by atomic mass is 10.1. The van der Waals surface area contributed by atoms with E-state index in [-0.39, 0.29) is 6.10 Å². The highest BCUT2D eigenvalue weighted by atomic mass is 16.5. The van der Waals surface area contributed by atoms with E-state index in [0.29, 0.717) is 0 Å². The van der Waals surface area contributed by atoms with Crippen molar-refractivity contribution in [3.05, 3.63) is 23.8 Å². The van der Waals surface area contributed by atoms with Crippen LogP contribution in [0.2, 0.25) is 0 Å². The van der Waals surface area contributed by atoms with Crippen molar-refractivity contribution in [1.82, 2.24) is 5.32 Å². The molecule has 2 heterocycles. The van der Waals surface area contributed by atoms with Crippen molar-refractivity contribution < 1.29 is 9.47 Å². The van der Waals surface area contributed by atoms with Gasteiger partial charge < -0.3 is 14.8 Å². The Kier molecular flexibility index (Phi) is 2.20. The summed E-state index contributed by atoms with van der Waals surface area (Å²) >= 11 is 0. The zero-order valence-electron chi connectivity index (χ0n) is 9.19. The number of fused-ring (bicyclic) bond motifs is 1. The normalized spacial score (nSPS) is 22.1. The Morgan fingerprint density at radius 2 is 2.44 bits per heavy atom. The van der Waals surface area contributed by atoms with Crippen molar-refractivity contribution in [3.63, 3.8) is 0 Å². The van der Waals surface area contributed by atoms with Gasteiger partial charge in [-0.05, 0) is 6.07 Å². The lowest BCUT2D eigenvalue weighted by molar-refractivity contribution is 0.281. The molecular weight excluding hydrogens is 204 g/mol. The minimum Gasteiger partial charge on any atom is -0.493 e. The van der Waals surface area contributed by atoms with Crippen molar-refractivity contribution in [2.24, 2.45) is 4.99 Å². The van der Waals surface area contributed by atoms with Gasteiger partial charge in [0.15, 0.2) is 17.6 Å². The van der Waals surface area contributed by atoms with Gasteiger partial charge in [-0.2, -0.15) is 0 Å². The Balaban J connectivity index is 1.88. The first kappa shape index (κ1) is 9.51. The first-order valence-electron chi connectivity index (χ1n) is 5.49. The highest BCUT2D eigenvalue weighted by Gasteiger charge is 2.30. The van der Waals surface area contributed by atoms with Crippen LogP contribution in [0.25, 0.3) is 0 Å². The van der Waals surface area contributed by atoms with Gasteiger partial charge in [0.1, 0.15) is 5.84 Å². The van der Waals surface area contributed by atoms with Gasteiger partial charge in [0, 0.05) is 18.5 Å². The molecule has 0 radical (unpaired) electrons. The maximum atomic E-state index is 5.89. The fourth-order valence-corrected chi connectivity index (χ4v) is 2.18. The third kappa shape index (κ3) is 1.41. The number of benzene rings is 1. The molecule has 2 aliphatic rings. The predicted octanol–water partition coefficient (Wildman–Crippen LogP) is 1.00. The van der Waals surface area contributed by atoms with Crippen molar-refractivity contribution in [2.75, 3.05) is 20.2 Å². The number of rotatable bonds is 2. The largest absolute Gasteiger partial charge is 0.493 e. The summed E-state index contributed by atoms with van der Waals surface area (Å²) in [5.41, 5.74) is 1.20. The summed E-state index contributed by atoms with van der Waals surface area (Å²) < 4.78 is 11.2. The third-order valence-electron chi connectivity index (χ3n) is 2.95. The molecule has 84 valence electrons. The number of para-hydroxylation sites is 1. The summed E-state index contributed by atoms with van der Waals surface area (Å²) in [5.74, 6) is 2.64. The molecule has 1 aromatic carbocycles. The maximum absolute atomic E-state index is 5.89. The van der Waals surface area contributed by atoms with Crippen LogP contribution in [0.5, 0.6) is 11.5 Å². The van der Waals surface area contributed by atoms with Crippen LogP contribution in [0, 0.1) is 0 Å². The second-order valence-electron chi connectivity index (χ2n) is 3.95. The van der Waals surface area contributed by atoms with Crippen molar-refractivity contribution in [2.45, 2.75) is 12.5 Å². The van der Waals surface area contributed by atoms with Crippen LogP contribution in [0.1, 0.15) is 5.56 Å². The summed E-state index contributed by atoms with van der Waals surface area (Å²) in [6.07, 6.45) is 0.909. The number of aliphatic imine (C=N–C) groups is 1. The Labute approximate surface area is 94.3 Å². The van der Waals surface area contributed by atoms with Gasteiger partial charge in [-0.25, -0.2) is 0 Å². The molecule has 1 atom stereocenters. The average Bonchev–Trinajstić information content (AvgIpc) is 2.96. The highest BCUT2D eigenvalue weighted by molar-refractivity contribution is 5.89. The number of methoxy groups -OCH3 is 1. The molecule has 0 fully saturated rings. The van der Waals surface area contributed by atoms with Gasteiger partial charge in [0.25, 0.3) is 0 Å². The fraction of sp³-hybridized carbons (Fsp3) is 0.417. The molecule has 0 saturated carbocycles. The maximum Gasteiger partial charge on any atom is 0.165 e. The van der Waals surface area contributed by atoms with E-state index in [1.807, 2.05) is 12.1 Å². The van der Waals surface area contributed by atoms with Gasteiger partial charge >= 0.3 is 0 Å². The molecule has 16 heavy (non-hydrogen) atoms. The summed E-state index contributed by atoms with van der Waals surface area (Å²) in [6.45, 7) is 1.77. The zero-order valence-corrected chi connectivity index (χ0v) is 9.19. The molecule has 0 spiro atoms. The van der Waals surface area contributed by atoms with Crippen LogP contribution in [0.15, 0.2) is 23.2 Å². The number of nitrogens with zero attached hydrogens (tertiary/aromatic N) is 1. The molecule has 4 nitrogen and oxygen atoms in total. The summed E-state index contributed by atoms with van der Waals surface area (Å²) in [5, 5.41) is 3.26. The van der Waals surface area contributed by atoms with E-state index in [2.05, 4.69) is 16.4 Å². The quantitative estimate of drug-likeness (QED) is 0.805. The van der Waals surface area contributed by atoms with Crippen LogP contribution in [0.3, 0.4) is 0 Å². The molecule has 1 N–H and O–H groups in total. The van der Waals surface area contributed by atoms with E-state index in [1.165, 1.54) is 5.56 Å². The topological polar surface area (TPSA) is 42.9 Å². The highest BCUT2D eigenvalue weighted by Crippen LogP contribution is 2.37. The zero-order chi connectivity index (χ0) is 11.0. The number of nitrogens with one attached hydrogen (secondary N) is 1. The van der Waals surface area contributed by atoms with Crippen LogP contribution >= 0.6 is 0 Å². The van der Waals surface area contributed by atoms with Crippen molar-refractivity contribution in [3.8, 4) is 11.5 Å². The second-order valence-corrected chi connectivity index (χ2v) is 3.95. The Bertz CT molecular complexity index is 443. The summed E-state index contributed by atoms with van der Waals surface area (Å²) in [4.78, 5) is 4.40. The molecule has 1 aromatic rings. The first-order chi connectivity index (χ1) is 7.88. The standard InChI is InChI=1S/C12H14N2O2/c1-15-9-4-2-3-8-7-10(16-11(8)9)12-13-5-6-14-12/h2-4,10H,5-7H2,1H3,(H,13,14). The van der Waals surface area contributed by atoms with Crippen LogP contribution < -0.4 is 14.8 Å². The molecule has 0 saturated heterocycles. The van der Waals surface area contributed by atoms with Crippen molar-refractivity contribution in [1.29, 1.82) is 0 Å². The van der Waals surface area contributed by atoms with Gasteiger partial charge in [-0.3, -0.25) is 4.99 Å². The van der Waals surface area contributed by atoms with E-state index in [1.54, 1.807) is 7.11 Å². The van der Waals surface area contributed by atoms with Crippen LogP contribution in [-0.2, 0) is 6.42 Å². The lowest BCUT2D eigenvalue weighted by Crippen LogP contribution is -2.34. The molecule has 4 heteroatoms.